The van der Waals surface area contributed by atoms with Crippen molar-refractivity contribution in [1.29, 1.82) is 0 Å². The first kappa shape index (κ1) is 16.9. The Hall–Kier alpha value is -1.18. The lowest BCUT2D eigenvalue weighted by molar-refractivity contribution is -0.133. The summed E-state index contributed by atoms with van der Waals surface area (Å²) in [6.07, 6.45) is 0. The average Bonchev–Trinajstić information content (AvgIpc) is 2.39. The minimum Gasteiger partial charge on any atom is -0.383 e. The lowest BCUT2D eigenvalue weighted by Gasteiger charge is -2.29. The van der Waals surface area contributed by atoms with Gasteiger partial charge < -0.3 is 20.3 Å². The molecule has 1 aliphatic rings. The van der Waals surface area contributed by atoms with Crippen molar-refractivity contribution < 1.29 is 14.3 Å². The maximum atomic E-state index is 12.0. The molecule has 1 heterocycles. The van der Waals surface area contributed by atoms with Gasteiger partial charge in [-0.3, -0.25) is 14.5 Å². The Kier molecular flexibility index (Phi) is 7.50. The van der Waals surface area contributed by atoms with Crippen LogP contribution in [0.2, 0.25) is 0 Å². The molecule has 0 spiro atoms. The molecule has 0 saturated carbocycles. The van der Waals surface area contributed by atoms with Gasteiger partial charge in [-0.25, -0.2) is 0 Å². The number of nitrogens with one attached hydrogen (secondary N) is 2. The summed E-state index contributed by atoms with van der Waals surface area (Å²) >= 11 is 0. The Bertz CT molecular complexity index is 319. The summed E-state index contributed by atoms with van der Waals surface area (Å²) in [5, 5.41) is 6.03. The van der Waals surface area contributed by atoms with E-state index in [0.29, 0.717) is 6.61 Å². The summed E-state index contributed by atoms with van der Waals surface area (Å²) in [5.41, 5.74) is 0. The van der Waals surface area contributed by atoms with Gasteiger partial charge in [-0.2, -0.15) is 0 Å². The highest BCUT2D eigenvalue weighted by Crippen LogP contribution is 1.95. The number of rotatable bonds is 7. The predicted octanol–water partition coefficient (Wildman–Crippen LogP) is -1.50. The number of piperazine rings is 1. The van der Waals surface area contributed by atoms with E-state index >= 15 is 0 Å². The van der Waals surface area contributed by atoms with E-state index in [0.717, 1.165) is 26.2 Å². The lowest BCUT2D eigenvalue weighted by atomic mass is 10.3. The molecule has 20 heavy (non-hydrogen) atoms. The number of carbonyl (C=O) groups excluding carboxylic acids is 2. The van der Waals surface area contributed by atoms with Crippen LogP contribution in [0.4, 0.5) is 0 Å². The third kappa shape index (κ3) is 6.31. The highest BCUT2D eigenvalue weighted by atomic mass is 16.5. The fourth-order valence-corrected chi connectivity index (χ4v) is 2.16. The molecule has 1 fully saturated rings. The monoisotopic (exact) mass is 286 g/mol. The molecule has 0 aliphatic carbocycles. The Morgan fingerprint density at radius 3 is 2.60 bits per heavy atom. The normalized spacial score (nSPS) is 17.1. The van der Waals surface area contributed by atoms with Gasteiger partial charge in [-0.15, -0.1) is 0 Å². The Morgan fingerprint density at radius 1 is 1.35 bits per heavy atom. The molecule has 2 N–H and O–H groups in total. The van der Waals surface area contributed by atoms with Gasteiger partial charge in [-0.05, 0) is 14.0 Å². The first-order chi connectivity index (χ1) is 9.52. The third-order valence-electron chi connectivity index (χ3n) is 3.11. The Morgan fingerprint density at radius 2 is 2.00 bits per heavy atom. The van der Waals surface area contributed by atoms with E-state index in [1.807, 2.05) is 11.8 Å². The first-order valence-electron chi connectivity index (χ1n) is 6.98. The number of hydrogen-bond acceptors (Lipinski definition) is 5. The second-order valence-electron chi connectivity index (χ2n) is 5.23. The number of carbonyl (C=O) groups is 2. The highest BCUT2D eigenvalue weighted by Gasteiger charge is 2.18. The van der Waals surface area contributed by atoms with E-state index in [4.69, 9.17) is 4.74 Å². The fraction of sp³-hybridized carbons (Fsp3) is 0.846. The van der Waals surface area contributed by atoms with Crippen LogP contribution in [0, 0.1) is 0 Å². The van der Waals surface area contributed by atoms with Crippen LogP contribution in [0.25, 0.3) is 0 Å². The zero-order valence-corrected chi connectivity index (χ0v) is 12.6. The molecule has 0 aromatic rings. The number of ether oxygens (including phenoxy) is 1. The van der Waals surface area contributed by atoms with Crippen molar-refractivity contribution in [1.82, 2.24) is 20.4 Å². The summed E-state index contributed by atoms with van der Waals surface area (Å²) in [5.74, 6) is -0.0168. The average molecular weight is 286 g/mol. The SMILES string of the molecule is COCC(C)NC(=O)CN(C)CC(=O)N1CCNCC1. The molecule has 1 atom stereocenters. The fourth-order valence-electron chi connectivity index (χ4n) is 2.16. The van der Waals surface area contributed by atoms with Crippen LogP contribution in [-0.4, -0.2) is 87.7 Å². The van der Waals surface area contributed by atoms with E-state index in [1.54, 1.807) is 19.1 Å². The summed E-state index contributed by atoms with van der Waals surface area (Å²) in [4.78, 5) is 27.3. The van der Waals surface area contributed by atoms with Crippen molar-refractivity contribution in [2.75, 3.05) is 60.0 Å². The molecule has 116 valence electrons. The summed E-state index contributed by atoms with van der Waals surface area (Å²) in [6.45, 7) is 6.00. The van der Waals surface area contributed by atoms with Crippen molar-refractivity contribution in [2.45, 2.75) is 13.0 Å². The van der Waals surface area contributed by atoms with Crippen LogP contribution < -0.4 is 10.6 Å². The lowest BCUT2D eigenvalue weighted by Crippen LogP contribution is -2.50. The van der Waals surface area contributed by atoms with Gasteiger partial charge in [-0.1, -0.05) is 0 Å². The van der Waals surface area contributed by atoms with Crippen LogP contribution in [0.5, 0.6) is 0 Å². The Balaban J connectivity index is 2.26. The summed E-state index contributed by atoms with van der Waals surface area (Å²) < 4.78 is 4.96. The number of amides is 2. The van der Waals surface area contributed by atoms with E-state index in [9.17, 15) is 9.59 Å². The zero-order chi connectivity index (χ0) is 15.0. The van der Waals surface area contributed by atoms with Gasteiger partial charge in [0, 0.05) is 39.3 Å². The molecule has 0 aromatic heterocycles. The van der Waals surface area contributed by atoms with Crippen molar-refractivity contribution in [3.05, 3.63) is 0 Å². The molecule has 1 saturated heterocycles. The van der Waals surface area contributed by atoms with Gasteiger partial charge in [0.25, 0.3) is 0 Å². The molecule has 0 aromatic carbocycles. The molecule has 7 nitrogen and oxygen atoms in total. The van der Waals surface area contributed by atoms with Crippen molar-refractivity contribution in [3.8, 4) is 0 Å². The molecule has 1 aliphatic heterocycles. The number of methoxy groups -OCH3 is 1. The summed E-state index contributed by atoms with van der Waals surface area (Å²) in [7, 11) is 3.38. The molecule has 0 bridgehead atoms. The minimum atomic E-state index is -0.0924. The smallest absolute Gasteiger partial charge is 0.236 e. The molecular formula is C13H26N4O3. The number of hydrogen-bond donors (Lipinski definition) is 2. The van der Waals surface area contributed by atoms with E-state index in [-0.39, 0.29) is 30.9 Å². The van der Waals surface area contributed by atoms with Crippen LogP contribution in [-0.2, 0) is 14.3 Å². The van der Waals surface area contributed by atoms with Gasteiger partial charge in [0.2, 0.25) is 11.8 Å². The van der Waals surface area contributed by atoms with Crippen molar-refractivity contribution in [2.24, 2.45) is 0 Å². The van der Waals surface area contributed by atoms with Crippen LogP contribution >= 0.6 is 0 Å². The van der Waals surface area contributed by atoms with Crippen LogP contribution in [0.3, 0.4) is 0 Å². The van der Waals surface area contributed by atoms with Gasteiger partial charge in [0.05, 0.1) is 19.7 Å². The zero-order valence-electron chi connectivity index (χ0n) is 12.6. The maximum absolute atomic E-state index is 12.0. The van der Waals surface area contributed by atoms with E-state index in [1.165, 1.54) is 0 Å². The molecule has 0 radical (unpaired) electrons. The molecule has 1 rings (SSSR count). The van der Waals surface area contributed by atoms with Crippen LogP contribution in [0.15, 0.2) is 0 Å². The largest absolute Gasteiger partial charge is 0.383 e. The van der Waals surface area contributed by atoms with Gasteiger partial charge in [0.1, 0.15) is 0 Å². The van der Waals surface area contributed by atoms with Crippen LogP contribution in [0.1, 0.15) is 6.92 Å². The van der Waals surface area contributed by atoms with E-state index < -0.39 is 0 Å². The first-order valence-corrected chi connectivity index (χ1v) is 6.98. The van der Waals surface area contributed by atoms with Crippen molar-refractivity contribution in [3.63, 3.8) is 0 Å². The van der Waals surface area contributed by atoms with Gasteiger partial charge >= 0.3 is 0 Å². The quantitative estimate of drug-likeness (QED) is 0.596. The maximum Gasteiger partial charge on any atom is 0.236 e. The van der Waals surface area contributed by atoms with Gasteiger partial charge in [0.15, 0.2) is 0 Å². The number of nitrogens with zero attached hydrogens (tertiary/aromatic N) is 2. The molecule has 2 amide bonds. The minimum absolute atomic E-state index is 0.0234. The topological polar surface area (TPSA) is 73.9 Å². The molecule has 1 unspecified atom stereocenters. The third-order valence-corrected chi connectivity index (χ3v) is 3.11. The summed E-state index contributed by atoms with van der Waals surface area (Å²) in [6, 6.07) is -0.0234. The Labute approximate surface area is 120 Å². The number of likely N-dealkylation sites (N-methyl/N-ethyl adjacent to an activating group) is 1. The second kappa shape index (κ2) is 8.89. The predicted molar refractivity (Wildman–Crippen MR) is 76.4 cm³/mol. The second-order valence-corrected chi connectivity index (χ2v) is 5.23. The molecular weight excluding hydrogens is 260 g/mol. The standard InChI is InChI=1S/C13H26N4O3/c1-11(10-20-3)15-12(18)8-16(2)9-13(19)17-6-4-14-5-7-17/h11,14H,4-10H2,1-3H3,(H,15,18). The van der Waals surface area contributed by atoms with E-state index in [2.05, 4.69) is 10.6 Å². The van der Waals surface area contributed by atoms with Crippen molar-refractivity contribution >= 4 is 11.8 Å². The highest BCUT2D eigenvalue weighted by molar-refractivity contribution is 5.81. The molecule has 7 heteroatoms.